The van der Waals surface area contributed by atoms with Crippen LogP contribution in [0.4, 0.5) is 11.4 Å². The molecular weight excluding hydrogens is 400 g/mol. The lowest BCUT2D eigenvalue weighted by Gasteiger charge is -2.14. The Labute approximate surface area is 164 Å². The number of hydrogen-bond acceptors (Lipinski definition) is 5. The molecule has 3 rings (SSSR count). The van der Waals surface area contributed by atoms with E-state index in [1.165, 1.54) is 19.2 Å². The molecule has 7 nitrogen and oxygen atoms in total. The third-order valence-corrected chi connectivity index (χ3v) is 6.57. The van der Waals surface area contributed by atoms with Crippen LogP contribution in [0.5, 0.6) is 5.75 Å². The maximum absolute atomic E-state index is 12.8. The van der Waals surface area contributed by atoms with Gasteiger partial charge in [-0.2, -0.15) is 0 Å². The van der Waals surface area contributed by atoms with Gasteiger partial charge in [0, 0.05) is 11.4 Å². The molecule has 28 heavy (non-hydrogen) atoms. The summed E-state index contributed by atoms with van der Waals surface area (Å²) in [4.78, 5) is -0.486. The van der Waals surface area contributed by atoms with Gasteiger partial charge in [-0.25, -0.2) is 16.8 Å². The minimum Gasteiger partial charge on any atom is -0.495 e. The zero-order valence-corrected chi connectivity index (χ0v) is 16.5. The van der Waals surface area contributed by atoms with Crippen LogP contribution in [0.25, 0.3) is 0 Å². The van der Waals surface area contributed by atoms with E-state index in [1.54, 1.807) is 60.7 Å². The molecule has 3 aromatic carbocycles. The van der Waals surface area contributed by atoms with Crippen molar-refractivity contribution >= 4 is 31.4 Å². The summed E-state index contributed by atoms with van der Waals surface area (Å²) in [5, 5.41) is 0. The van der Waals surface area contributed by atoms with Crippen LogP contribution in [0.15, 0.2) is 88.7 Å². The van der Waals surface area contributed by atoms with Gasteiger partial charge in [0.05, 0.1) is 12.0 Å². The Kier molecular flexibility index (Phi) is 5.57. The van der Waals surface area contributed by atoms with Gasteiger partial charge in [-0.3, -0.25) is 9.44 Å². The summed E-state index contributed by atoms with van der Waals surface area (Å²) in [6.07, 6.45) is 0. The quantitative estimate of drug-likeness (QED) is 0.613. The van der Waals surface area contributed by atoms with Crippen LogP contribution in [0.2, 0.25) is 0 Å². The molecular formula is C19H18N2O5S2. The van der Waals surface area contributed by atoms with Crippen LogP contribution in [0.3, 0.4) is 0 Å². The fraction of sp³-hybridized carbons (Fsp3) is 0.0526. The maximum atomic E-state index is 12.8. The second kappa shape index (κ2) is 7.91. The van der Waals surface area contributed by atoms with Crippen molar-refractivity contribution in [2.24, 2.45) is 0 Å². The number of para-hydroxylation sites is 2. The summed E-state index contributed by atoms with van der Waals surface area (Å²) in [6, 6.07) is 20.2. The van der Waals surface area contributed by atoms with E-state index in [2.05, 4.69) is 9.44 Å². The molecule has 0 spiro atoms. The molecule has 0 saturated carbocycles. The minimum absolute atomic E-state index is 0.0297. The van der Waals surface area contributed by atoms with E-state index in [0.717, 1.165) is 6.07 Å². The number of methoxy groups -OCH3 is 1. The van der Waals surface area contributed by atoms with Crippen molar-refractivity contribution < 1.29 is 21.6 Å². The largest absolute Gasteiger partial charge is 0.495 e. The average molecular weight is 418 g/mol. The number of nitrogens with one attached hydrogen (secondary N) is 2. The van der Waals surface area contributed by atoms with Crippen LogP contribution in [0, 0.1) is 0 Å². The third-order valence-electron chi connectivity index (χ3n) is 3.79. The molecule has 0 saturated heterocycles. The lowest BCUT2D eigenvalue weighted by atomic mass is 10.3. The smallest absolute Gasteiger partial charge is 0.265 e. The Hall–Kier alpha value is -3.04. The van der Waals surface area contributed by atoms with Gasteiger partial charge in [0.25, 0.3) is 20.0 Å². The van der Waals surface area contributed by atoms with E-state index in [4.69, 9.17) is 4.74 Å². The van der Waals surface area contributed by atoms with Gasteiger partial charge in [-0.15, -0.1) is 0 Å². The van der Waals surface area contributed by atoms with Gasteiger partial charge in [-0.1, -0.05) is 36.4 Å². The average Bonchev–Trinajstić information content (AvgIpc) is 2.68. The van der Waals surface area contributed by atoms with Crippen molar-refractivity contribution in [3.63, 3.8) is 0 Å². The van der Waals surface area contributed by atoms with Crippen LogP contribution in [0.1, 0.15) is 0 Å². The second-order valence-electron chi connectivity index (χ2n) is 5.76. The molecule has 0 fully saturated rings. The minimum atomic E-state index is -4.08. The summed E-state index contributed by atoms with van der Waals surface area (Å²) < 4.78 is 60.9. The highest BCUT2D eigenvalue weighted by Gasteiger charge is 2.24. The molecule has 146 valence electrons. The maximum Gasteiger partial charge on any atom is 0.265 e. The van der Waals surface area contributed by atoms with Crippen molar-refractivity contribution in [1.29, 1.82) is 0 Å². The Bertz CT molecular complexity index is 1160. The number of hydrogen-bond donors (Lipinski definition) is 2. The molecule has 0 atom stereocenters. The fourth-order valence-electron chi connectivity index (χ4n) is 2.47. The van der Waals surface area contributed by atoms with Crippen molar-refractivity contribution in [2.75, 3.05) is 16.6 Å². The van der Waals surface area contributed by atoms with Crippen molar-refractivity contribution in [3.05, 3.63) is 78.9 Å². The summed E-state index contributed by atoms with van der Waals surface area (Å²) in [5.74, 6) is 0.0297. The molecule has 0 aromatic heterocycles. The van der Waals surface area contributed by atoms with E-state index in [0.29, 0.717) is 11.4 Å². The molecule has 2 N–H and O–H groups in total. The summed E-state index contributed by atoms with van der Waals surface area (Å²) in [5.41, 5.74) is 0.713. The van der Waals surface area contributed by atoms with Gasteiger partial charge in [0.2, 0.25) is 0 Å². The number of benzene rings is 3. The first-order chi connectivity index (χ1) is 13.3. The number of rotatable bonds is 7. The van der Waals surface area contributed by atoms with Crippen molar-refractivity contribution in [3.8, 4) is 5.75 Å². The van der Waals surface area contributed by atoms with Crippen LogP contribution in [-0.2, 0) is 20.0 Å². The van der Waals surface area contributed by atoms with Crippen molar-refractivity contribution in [2.45, 2.75) is 9.79 Å². The second-order valence-corrected chi connectivity index (χ2v) is 9.09. The Morgan fingerprint density at radius 2 is 1.18 bits per heavy atom. The first-order valence-electron chi connectivity index (χ1n) is 8.15. The predicted octanol–water partition coefficient (Wildman–Crippen LogP) is 3.30. The molecule has 0 heterocycles. The van der Waals surface area contributed by atoms with Crippen molar-refractivity contribution in [1.82, 2.24) is 0 Å². The highest BCUT2D eigenvalue weighted by molar-refractivity contribution is 7.93. The van der Waals surface area contributed by atoms with E-state index in [-0.39, 0.29) is 15.5 Å². The van der Waals surface area contributed by atoms with E-state index >= 15 is 0 Å². The molecule has 0 amide bonds. The van der Waals surface area contributed by atoms with Crippen LogP contribution < -0.4 is 14.2 Å². The van der Waals surface area contributed by atoms with Gasteiger partial charge in [0.1, 0.15) is 10.6 Å². The Morgan fingerprint density at radius 1 is 0.679 bits per heavy atom. The first kappa shape index (κ1) is 19.7. The number of sulfonamides is 2. The van der Waals surface area contributed by atoms with Crippen LogP contribution >= 0.6 is 0 Å². The van der Waals surface area contributed by atoms with Gasteiger partial charge >= 0.3 is 0 Å². The molecule has 0 radical (unpaired) electrons. The van der Waals surface area contributed by atoms with Gasteiger partial charge < -0.3 is 4.74 Å². The molecule has 0 unspecified atom stereocenters. The zero-order valence-electron chi connectivity index (χ0n) is 14.9. The van der Waals surface area contributed by atoms with E-state index < -0.39 is 20.0 Å². The molecule has 0 aliphatic heterocycles. The highest BCUT2D eigenvalue weighted by Crippen LogP contribution is 2.29. The summed E-state index contributed by atoms with van der Waals surface area (Å²) in [7, 11) is -6.76. The molecule has 0 aliphatic carbocycles. The highest BCUT2D eigenvalue weighted by atomic mass is 32.2. The Morgan fingerprint density at radius 3 is 1.68 bits per heavy atom. The Balaban J connectivity index is 2.00. The number of ether oxygens (including phenoxy) is 1. The first-order valence-corrected chi connectivity index (χ1v) is 11.1. The normalized spacial score (nSPS) is 11.6. The summed E-state index contributed by atoms with van der Waals surface area (Å²) in [6.45, 7) is 0. The van der Waals surface area contributed by atoms with Crippen LogP contribution in [-0.4, -0.2) is 23.9 Å². The predicted molar refractivity (Wildman–Crippen MR) is 107 cm³/mol. The molecule has 9 heteroatoms. The van der Waals surface area contributed by atoms with Gasteiger partial charge in [0.15, 0.2) is 0 Å². The molecule has 0 aliphatic rings. The fourth-order valence-corrected chi connectivity index (χ4v) is 4.88. The third kappa shape index (κ3) is 4.44. The molecule has 3 aromatic rings. The molecule has 0 bridgehead atoms. The number of anilines is 2. The van der Waals surface area contributed by atoms with Gasteiger partial charge in [-0.05, 0) is 42.5 Å². The lowest BCUT2D eigenvalue weighted by Crippen LogP contribution is -2.17. The standard InChI is InChI=1S/C19H18N2O5S2/c1-26-18-13-12-17(27(22,23)20-15-8-4-2-5-9-15)14-19(18)28(24,25)21-16-10-6-3-7-11-16/h2-14,20-21H,1H3. The topological polar surface area (TPSA) is 102 Å². The SMILES string of the molecule is COc1ccc(S(=O)(=O)Nc2ccccc2)cc1S(=O)(=O)Nc1ccccc1. The van der Waals surface area contributed by atoms with E-state index in [1.807, 2.05) is 0 Å². The summed E-state index contributed by atoms with van der Waals surface area (Å²) >= 11 is 0. The lowest BCUT2D eigenvalue weighted by molar-refractivity contribution is 0.402. The monoisotopic (exact) mass is 418 g/mol. The zero-order chi connectivity index (χ0) is 20.2. The van der Waals surface area contributed by atoms with E-state index in [9.17, 15) is 16.8 Å².